The first-order valence-electron chi connectivity index (χ1n) is 9.29. The average molecular weight is 556 g/mol. The molecule has 0 saturated heterocycles. The van der Waals surface area contributed by atoms with Crippen LogP contribution in [0.4, 0.5) is 5.69 Å². The molecular weight excluding hydrogens is 540 g/mol. The summed E-state index contributed by atoms with van der Waals surface area (Å²) in [6, 6.07) is 20.6. The van der Waals surface area contributed by atoms with Crippen molar-refractivity contribution in [2.75, 3.05) is 5.32 Å². The normalized spacial score (nSPS) is 10.8. The standard InChI is InChI=1S/C24H16Br2N2O4/c25-19-6-8-20(9-7-19)28-23(29)18(13-27)11-16-3-10-22(21(26)12-16)32-14-15-1-4-17(5-2-15)24(30)31/h1-12H,14H2,(H,28,29)(H,30,31)/b18-11-. The number of carbonyl (C=O) groups excluding carboxylic acids is 1. The topological polar surface area (TPSA) is 99.4 Å². The maximum atomic E-state index is 12.4. The van der Waals surface area contributed by atoms with Gasteiger partial charge in [-0.3, -0.25) is 4.79 Å². The van der Waals surface area contributed by atoms with Crippen LogP contribution in [0.5, 0.6) is 5.75 Å². The molecule has 160 valence electrons. The number of anilines is 1. The van der Waals surface area contributed by atoms with Gasteiger partial charge in [-0.05, 0) is 81.7 Å². The van der Waals surface area contributed by atoms with Crippen molar-refractivity contribution in [2.24, 2.45) is 0 Å². The SMILES string of the molecule is N#C/C(=C/c1ccc(OCc2ccc(C(=O)O)cc2)c(Br)c1)C(=O)Nc1ccc(Br)cc1. The number of ether oxygens (including phenoxy) is 1. The molecule has 8 heteroatoms. The minimum atomic E-state index is -0.980. The summed E-state index contributed by atoms with van der Waals surface area (Å²) < 4.78 is 7.32. The van der Waals surface area contributed by atoms with Crippen molar-refractivity contribution in [3.63, 3.8) is 0 Å². The predicted molar refractivity (Wildman–Crippen MR) is 128 cm³/mol. The van der Waals surface area contributed by atoms with Crippen LogP contribution in [0.3, 0.4) is 0 Å². The molecule has 3 aromatic carbocycles. The first kappa shape index (κ1) is 23.3. The number of nitrogens with zero attached hydrogens (tertiary/aromatic N) is 1. The Balaban J connectivity index is 1.67. The van der Waals surface area contributed by atoms with E-state index >= 15 is 0 Å². The molecule has 0 unspecified atom stereocenters. The van der Waals surface area contributed by atoms with Gasteiger partial charge in [0.05, 0.1) is 10.0 Å². The van der Waals surface area contributed by atoms with E-state index in [4.69, 9.17) is 9.84 Å². The van der Waals surface area contributed by atoms with Crippen molar-refractivity contribution < 1.29 is 19.4 Å². The Hall–Kier alpha value is -3.41. The molecule has 3 aromatic rings. The molecule has 3 rings (SSSR count). The fraction of sp³-hybridized carbons (Fsp3) is 0.0417. The minimum Gasteiger partial charge on any atom is -0.488 e. The van der Waals surface area contributed by atoms with Gasteiger partial charge in [0.1, 0.15) is 24.0 Å². The number of hydrogen-bond acceptors (Lipinski definition) is 4. The lowest BCUT2D eigenvalue weighted by Gasteiger charge is -2.09. The molecule has 0 aliphatic rings. The monoisotopic (exact) mass is 554 g/mol. The van der Waals surface area contributed by atoms with Crippen LogP contribution in [-0.4, -0.2) is 17.0 Å². The quantitative estimate of drug-likeness (QED) is 0.274. The highest BCUT2D eigenvalue weighted by Gasteiger charge is 2.11. The van der Waals surface area contributed by atoms with E-state index in [1.54, 1.807) is 54.6 Å². The van der Waals surface area contributed by atoms with Gasteiger partial charge in [0.2, 0.25) is 0 Å². The smallest absolute Gasteiger partial charge is 0.335 e. The number of amides is 1. The summed E-state index contributed by atoms with van der Waals surface area (Å²) in [5.74, 6) is -0.913. The number of carbonyl (C=O) groups is 2. The first-order chi connectivity index (χ1) is 15.4. The number of halogens is 2. The number of rotatable bonds is 7. The fourth-order valence-electron chi connectivity index (χ4n) is 2.68. The number of aromatic carboxylic acids is 1. The molecule has 0 aliphatic heterocycles. The molecule has 0 spiro atoms. The van der Waals surface area contributed by atoms with E-state index in [2.05, 4.69) is 37.2 Å². The van der Waals surface area contributed by atoms with Crippen molar-refractivity contribution in [2.45, 2.75) is 6.61 Å². The van der Waals surface area contributed by atoms with Crippen LogP contribution in [0, 0.1) is 11.3 Å². The maximum Gasteiger partial charge on any atom is 0.335 e. The van der Waals surface area contributed by atoms with Gasteiger partial charge in [-0.15, -0.1) is 0 Å². The van der Waals surface area contributed by atoms with Crippen LogP contribution < -0.4 is 10.1 Å². The number of benzene rings is 3. The Kier molecular flexibility index (Phi) is 7.82. The molecule has 32 heavy (non-hydrogen) atoms. The van der Waals surface area contributed by atoms with Crippen molar-refractivity contribution >= 4 is 55.5 Å². The van der Waals surface area contributed by atoms with Crippen LogP contribution >= 0.6 is 31.9 Å². The first-order valence-corrected chi connectivity index (χ1v) is 10.9. The van der Waals surface area contributed by atoms with E-state index in [0.29, 0.717) is 21.5 Å². The summed E-state index contributed by atoms with van der Waals surface area (Å²) >= 11 is 6.77. The summed E-state index contributed by atoms with van der Waals surface area (Å²) in [6.07, 6.45) is 1.49. The van der Waals surface area contributed by atoms with Crippen molar-refractivity contribution in [3.05, 3.63) is 97.9 Å². The van der Waals surface area contributed by atoms with E-state index < -0.39 is 11.9 Å². The van der Waals surface area contributed by atoms with Gasteiger partial charge in [-0.1, -0.05) is 34.1 Å². The highest BCUT2D eigenvalue weighted by atomic mass is 79.9. The van der Waals surface area contributed by atoms with Gasteiger partial charge >= 0.3 is 5.97 Å². The van der Waals surface area contributed by atoms with Gasteiger partial charge < -0.3 is 15.2 Å². The van der Waals surface area contributed by atoms with E-state index in [-0.39, 0.29) is 17.7 Å². The molecule has 6 nitrogen and oxygen atoms in total. The van der Waals surface area contributed by atoms with Crippen LogP contribution in [-0.2, 0) is 11.4 Å². The van der Waals surface area contributed by atoms with E-state index in [9.17, 15) is 14.9 Å². The minimum absolute atomic E-state index is 0.0352. The zero-order valence-corrected chi connectivity index (χ0v) is 19.7. The van der Waals surface area contributed by atoms with Gasteiger partial charge in [-0.25, -0.2) is 4.79 Å². The highest BCUT2D eigenvalue weighted by Crippen LogP contribution is 2.28. The summed E-state index contributed by atoms with van der Waals surface area (Å²) in [5.41, 5.74) is 2.23. The van der Waals surface area contributed by atoms with Crippen molar-refractivity contribution in [1.82, 2.24) is 0 Å². The predicted octanol–water partition coefficient (Wildman–Crippen LogP) is 6.03. The molecule has 0 aromatic heterocycles. The Morgan fingerprint density at radius 3 is 2.31 bits per heavy atom. The van der Waals surface area contributed by atoms with E-state index in [1.807, 2.05) is 6.07 Å². The average Bonchev–Trinajstić information content (AvgIpc) is 2.78. The van der Waals surface area contributed by atoms with Gasteiger partial charge in [0.15, 0.2) is 0 Å². The third-order valence-electron chi connectivity index (χ3n) is 4.33. The summed E-state index contributed by atoms with van der Waals surface area (Å²) in [6.45, 7) is 0.257. The van der Waals surface area contributed by atoms with E-state index in [1.165, 1.54) is 18.2 Å². The Labute approximate surface area is 201 Å². The summed E-state index contributed by atoms with van der Waals surface area (Å²) in [5, 5.41) is 21.1. The lowest BCUT2D eigenvalue weighted by Crippen LogP contribution is -2.13. The largest absolute Gasteiger partial charge is 0.488 e. The lowest BCUT2D eigenvalue weighted by molar-refractivity contribution is -0.112. The number of nitrogens with one attached hydrogen (secondary N) is 1. The fourth-order valence-corrected chi connectivity index (χ4v) is 3.45. The third kappa shape index (κ3) is 6.30. The van der Waals surface area contributed by atoms with Crippen LogP contribution in [0.1, 0.15) is 21.5 Å². The Morgan fingerprint density at radius 2 is 1.72 bits per heavy atom. The van der Waals surface area contributed by atoms with E-state index in [0.717, 1.165) is 10.0 Å². The van der Waals surface area contributed by atoms with Gasteiger partial charge in [0.25, 0.3) is 5.91 Å². The molecule has 2 N–H and O–H groups in total. The molecule has 0 radical (unpaired) electrons. The molecule has 0 saturated carbocycles. The second-order valence-electron chi connectivity index (χ2n) is 6.61. The number of carboxylic acids is 1. The lowest BCUT2D eigenvalue weighted by atomic mass is 10.1. The molecule has 0 atom stereocenters. The number of nitriles is 1. The number of hydrogen-bond donors (Lipinski definition) is 2. The van der Waals surface area contributed by atoms with Gasteiger partial charge in [0, 0.05) is 10.2 Å². The summed E-state index contributed by atoms with van der Waals surface area (Å²) in [4.78, 5) is 23.3. The zero-order valence-electron chi connectivity index (χ0n) is 16.5. The zero-order chi connectivity index (χ0) is 23.1. The maximum absolute atomic E-state index is 12.4. The second kappa shape index (κ2) is 10.8. The highest BCUT2D eigenvalue weighted by molar-refractivity contribution is 9.10. The molecule has 1 amide bonds. The van der Waals surface area contributed by atoms with Crippen molar-refractivity contribution in [3.8, 4) is 11.8 Å². The molecule has 0 aliphatic carbocycles. The summed E-state index contributed by atoms with van der Waals surface area (Å²) in [7, 11) is 0. The number of carboxylic acid groups (broad SMARTS) is 1. The van der Waals surface area contributed by atoms with Crippen LogP contribution in [0.15, 0.2) is 81.2 Å². The third-order valence-corrected chi connectivity index (χ3v) is 5.48. The molecule has 0 heterocycles. The molecule has 0 fully saturated rings. The van der Waals surface area contributed by atoms with Gasteiger partial charge in [-0.2, -0.15) is 5.26 Å². The van der Waals surface area contributed by atoms with Crippen molar-refractivity contribution in [1.29, 1.82) is 5.26 Å². The van der Waals surface area contributed by atoms with Crippen LogP contribution in [0.2, 0.25) is 0 Å². The second-order valence-corrected chi connectivity index (χ2v) is 8.38. The van der Waals surface area contributed by atoms with Crippen LogP contribution in [0.25, 0.3) is 6.08 Å². The molecule has 0 bridgehead atoms. The molecular formula is C24H16Br2N2O4. The Bertz CT molecular complexity index is 1210. The Morgan fingerprint density at radius 1 is 1.03 bits per heavy atom.